The van der Waals surface area contributed by atoms with Gasteiger partial charge in [0, 0.05) is 24.2 Å². The molecule has 0 saturated carbocycles. The zero-order chi connectivity index (χ0) is 9.97. The highest BCUT2D eigenvalue weighted by Crippen LogP contribution is 2.22. The summed E-state index contributed by atoms with van der Waals surface area (Å²) in [4.78, 5) is 7.92. The first-order chi connectivity index (χ1) is 6.77. The predicted molar refractivity (Wildman–Crippen MR) is 70.8 cm³/mol. The van der Waals surface area contributed by atoms with E-state index in [1.165, 1.54) is 0 Å². The highest BCUT2D eigenvalue weighted by molar-refractivity contribution is 5.85. The molecule has 0 spiro atoms. The smallest absolute Gasteiger partial charge is 0.146 e. The van der Waals surface area contributed by atoms with Crippen molar-refractivity contribution in [2.45, 2.75) is 0 Å². The molecule has 86 valence electrons. The summed E-state index contributed by atoms with van der Waals surface area (Å²) >= 11 is 0. The van der Waals surface area contributed by atoms with Crippen molar-refractivity contribution in [2.75, 3.05) is 11.5 Å². The molecule has 2 rings (SSSR count). The lowest BCUT2D eigenvalue weighted by atomic mass is 10.1. The molecule has 0 saturated heterocycles. The molecule has 0 radical (unpaired) electrons. The second kappa shape index (κ2) is 6.15. The fraction of sp³-hybridized carbons (Fsp3) is 0. The first-order valence-electron chi connectivity index (χ1n) is 4.19. The first kappa shape index (κ1) is 14.5. The molecule has 2 aromatic rings. The Kier molecular flexibility index (Phi) is 5.56. The molecule has 0 bridgehead atoms. The number of anilines is 2. The highest BCUT2D eigenvalue weighted by Gasteiger charge is 2.00. The van der Waals surface area contributed by atoms with Crippen LogP contribution in [0.15, 0.2) is 36.8 Å². The molecule has 0 unspecified atom stereocenters. The number of nitrogens with two attached hydrogens (primary N) is 2. The molecule has 0 aliphatic rings. The minimum absolute atomic E-state index is 0. The Morgan fingerprint density at radius 3 is 2.12 bits per heavy atom. The zero-order valence-corrected chi connectivity index (χ0v) is 9.96. The van der Waals surface area contributed by atoms with Gasteiger partial charge in [-0.05, 0) is 23.8 Å². The second-order valence-electron chi connectivity index (χ2n) is 2.93. The van der Waals surface area contributed by atoms with E-state index in [1.807, 2.05) is 12.1 Å². The average molecular weight is 259 g/mol. The van der Waals surface area contributed by atoms with Gasteiger partial charge < -0.3 is 11.5 Å². The predicted octanol–water partition coefficient (Wildman–Crippen LogP) is 2.15. The number of rotatable bonds is 1. The van der Waals surface area contributed by atoms with E-state index in [4.69, 9.17) is 11.5 Å². The molecule has 0 atom stereocenters. The normalized spacial score (nSPS) is 8.75. The highest BCUT2D eigenvalue weighted by atomic mass is 35.5. The van der Waals surface area contributed by atoms with E-state index >= 15 is 0 Å². The van der Waals surface area contributed by atoms with E-state index in [0.717, 1.165) is 11.1 Å². The van der Waals surface area contributed by atoms with Gasteiger partial charge >= 0.3 is 0 Å². The average Bonchev–Trinajstić information content (AvgIpc) is 2.23. The summed E-state index contributed by atoms with van der Waals surface area (Å²) < 4.78 is 0. The fourth-order valence-corrected chi connectivity index (χ4v) is 1.19. The van der Waals surface area contributed by atoms with Crippen molar-refractivity contribution in [1.82, 2.24) is 9.97 Å². The summed E-state index contributed by atoms with van der Waals surface area (Å²) in [5.74, 6) is 0.364. The summed E-state index contributed by atoms with van der Waals surface area (Å²) in [6, 6.07) is 5.59. The number of pyridine rings is 2. The lowest BCUT2D eigenvalue weighted by molar-refractivity contribution is 1.31. The maximum absolute atomic E-state index is 5.65. The molecular formula is C10H12Cl2N4. The van der Waals surface area contributed by atoms with Gasteiger partial charge in [-0.3, -0.25) is 4.98 Å². The van der Waals surface area contributed by atoms with Crippen molar-refractivity contribution in [3.8, 4) is 11.1 Å². The zero-order valence-electron chi connectivity index (χ0n) is 8.33. The van der Waals surface area contributed by atoms with Crippen molar-refractivity contribution in [1.29, 1.82) is 0 Å². The molecule has 0 fully saturated rings. The summed E-state index contributed by atoms with van der Waals surface area (Å²) in [5.41, 5.74) is 13.6. The lowest BCUT2D eigenvalue weighted by Gasteiger charge is -2.03. The van der Waals surface area contributed by atoms with Crippen LogP contribution in [0.4, 0.5) is 11.5 Å². The summed E-state index contributed by atoms with van der Waals surface area (Å²) in [6.07, 6.45) is 5.14. The van der Waals surface area contributed by atoms with Gasteiger partial charge in [0.2, 0.25) is 0 Å². The Balaban J connectivity index is 0.00000112. The molecule has 6 heteroatoms. The third-order valence-electron chi connectivity index (χ3n) is 1.96. The van der Waals surface area contributed by atoms with Crippen LogP contribution in [0, 0.1) is 0 Å². The minimum Gasteiger partial charge on any atom is -0.396 e. The Hall–Kier alpha value is -1.52. The van der Waals surface area contributed by atoms with Gasteiger partial charge in [-0.15, -0.1) is 24.8 Å². The molecule has 0 aliphatic carbocycles. The molecular weight excluding hydrogens is 247 g/mol. The maximum Gasteiger partial charge on any atom is 0.146 e. The number of nitrogens with zero attached hydrogens (tertiary/aromatic N) is 2. The molecule has 0 aliphatic heterocycles. The third kappa shape index (κ3) is 2.98. The van der Waals surface area contributed by atoms with Crippen LogP contribution in [0.1, 0.15) is 0 Å². The van der Waals surface area contributed by atoms with Crippen LogP contribution < -0.4 is 11.5 Å². The SMILES string of the molecule is Cl.Cl.Nc1cc(-c2ccncc2)cnc1N. The van der Waals surface area contributed by atoms with Crippen LogP contribution in [0.3, 0.4) is 0 Å². The van der Waals surface area contributed by atoms with Crippen LogP contribution in [0.2, 0.25) is 0 Å². The van der Waals surface area contributed by atoms with Gasteiger partial charge in [0.1, 0.15) is 5.82 Å². The van der Waals surface area contributed by atoms with E-state index in [2.05, 4.69) is 9.97 Å². The largest absolute Gasteiger partial charge is 0.396 e. The number of halogens is 2. The van der Waals surface area contributed by atoms with E-state index in [1.54, 1.807) is 24.7 Å². The van der Waals surface area contributed by atoms with Crippen LogP contribution in [0.5, 0.6) is 0 Å². The number of aromatic nitrogens is 2. The molecule has 2 aromatic heterocycles. The van der Waals surface area contributed by atoms with E-state index < -0.39 is 0 Å². The van der Waals surface area contributed by atoms with Crippen molar-refractivity contribution < 1.29 is 0 Å². The van der Waals surface area contributed by atoms with Gasteiger partial charge in [0.25, 0.3) is 0 Å². The Morgan fingerprint density at radius 2 is 1.56 bits per heavy atom. The van der Waals surface area contributed by atoms with Gasteiger partial charge in [0.15, 0.2) is 0 Å². The van der Waals surface area contributed by atoms with Crippen molar-refractivity contribution in [3.05, 3.63) is 36.8 Å². The van der Waals surface area contributed by atoms with E-state index in [-0.39, 0.29) is 24.8 Å². The molecule has 0 aromatic carbocycles. The Labute approximate surface area is 106 Å². The molecule has 4 N–H and O–H groups in total. The first-order valence-corrected chi connectivity index (χ1v) is 4.19. The fourth-order valence-electron chi connectivity index (χ4n) is 1.19. The molecule has 2 heterocycles. The summed E-state index contributed by atoms with van der Waals surface area (Å²) in [6.45, 7) is 0. The number of hydrogen-bond donors (Lipinski definition) is 2. The Bertz CT molecular complexity index is 448. The topological polar surface area (TPSA) is 77.8 Å². The minimum atomic E-state index is 0. The summed E-state index contributed by atoms with van der Waals surface area (Å²) in [5, 5.41) is 0. The number of nitrogen functional groups attached to an aromatic ring is 2. The van der Waals surface area contributed by atoms with Crippen molar-refractivity contribution in [2.24, 2.45) is 0 Å². The monoisotopic (exact) mass is 258 g/mol. The second-order valence-corrected chi connectivity index (χ2v) is 2.93. The van der Waals surface area contributed by atoms with Crippen LogP contribution in [0.25, 0.3) is 11.1 Å². The number of hydrogen-bond acceptors (Lipinski definition) is 4. The van der Waals surface area contributed by atoms with Crippen molar-refractivity contribution >= 4 is 36.3 Å². The standard InChI is InChI=1S/C10H10N4.2ClH/c11-9-5-8(6-14-10(9)12)7-1-3-13-4-2-7;;/h1-6H,11H2,(H2,12,14);2*1H. The van der Waals surface area contributed by atoms with Gasteiger partial charge in [0.05, 0.1) is 5.69 Å². The van der Waals surface area contributed by atoms with Gasteiger partial charge in [-0.2, -0.15) is 0 Å². The third-order valence-corrected chi connectivity index (χ3v) is 1.96. The van der Waals surface area contributed by atoms with E-state index in [0.29, 0.717) is 11.5 Å². The molecule has 4 nitrogen and oxygen atoms in total. The van der Waals surface area contributed by atoms with Gasteiger partial charge in [-0.1, -0.05) is 0 Å². The summed E-state index contributed by atoms with van der Waals surface area (Å²) in [7, 11) is 0. The molecule has 16 heavy (non-hydrogen) atoms. The lowest BCUT2D eigenvalue weighted by Crippen LogP contribution is -1.97. The Morgan fingerprint density at radius 1 is 0.938 bits per heavy atom. The van der Waals surface area contributed by atoms with Crippen LogP contribution in [-0.4, -0.2) is 9.97 Å². The van der Waals surface area contributed by atoms with Crippen LogP contribution in [-0.2, 0) is 0 Å². The quantitative estimate of drug-likeness (QED) is 0.822. The van der Waals surface area contributed by atoms with E-state index in [9.17, 15) is 0 Å². The molecule has 0 amide bonds. The van der Waals surface area contributed by atoms with Crippen molar-refractivity contribution in [3.63, 3.8) is 0 Å². The van der Waals surface area contributed by atoms with Gasteiger partial charge in [-0.25, -0.2) is 4.98 Å². The van der Waals surface area contributed by atoms with Crippen LogP contribution >= 0.6 is 24.8 Å². The maximum atomic E-state index is 5.65.